The van der Waals surface area contributed by atoms with Crippen LogP contribution in [0.25, 0.3) is 11.3 Å². The minimum Gasteiger partial charge on any atom is -0.472 e. The Kier molecular flexibility index (Phi) is 7.12. The van der Waals surface area contributed by atoms with E-state index in [1.165, 1.54) is 0 Å². The Balaban J connectivity index is 1.73. The molecule has 0 saturated heterocycles. The molecule has 0 fully saturated rings. The molecule has 2 heterocycles. The van der Waals surface area contributed by atoms with E-state index in [1.54, 1.807) is 36.8 Å². The summed E-state index contributed by atoms with van der Waals surface area (Å²) in [5, 5.41) is 6.92. The first-order chi connectivity index (χ1) is 13.9. The lowest BCUT2D eigenvalue weighted by Gasteiger charge is -2.21. The molecule has 0 bridgehead atoms. The standard InChI is InChI=1S/C21H22Cl2N4O2/c1-13(2)9-18(20(28)24-11-14-3-5-16(22)6-4-14)25-19-10-17(26-21(23)27-19)15-7-8-29-12-15/h3-8,10,12-13,18H,9,11H2,1-2H3,(H,24,28)(H,25,26,27)/t18-/m1/s1. The molecule has 2 aromatic heterocycles. The monoisotopic (exact) mass is 432 g/mol. The fourth-order valence-electron chi connectivity index (χ4n) is 2.85. The van der Waals surface area contributed by atoms with Crippen molar-refractivity contribution in [2.24, 2.45) is 5.92 Å². The van der Waals surface area contributed by atoms with Crippen molar-refractivity contribution in [2.75, 3.05) is 5.32 Å². The van der Waals surface area contributed by atoms with Crippen LogP contribution in [0.15, 0.2) is 53.3 Å². The average Bonchev–Trinajstić information content (AvgIpc) is 3.21. The first-order valence-corrected chi connectivity index (χ1v) is 10.0. The summed E-state index contributed by atoms with van der Waals surface area (Å²) >= 11 is 12.0. The van der Waals surface area contributed by atoms with E-state index in [-0.39, 0.29) is 11.2 Å². The second-order valence-electron chi connectivity index (χ2n) is 7.09. The van der Waals surface area contributed by atoms with E-state index >= 15 is 0 Å². The van der Waals surface area contributed by atoms with E-state index in [4.69, 9.17) is 27.6 Å². The number of carbonyl (C=O) groups excluding carboxylic acids is 1. The van der Waals surface area contributed by atoms with Gasteiger partial charge in [-0.25, -0.2) is 9.97 Å². The number of halogens is 2. The van der Waals surface area contributed by atoms with Crippen LogP contribution in [0.3, 0.4) is 0 Å². The number of hydrogen-bond acceptors (Lipinski definition) is 5. The van der Waals surface area contributed by atoms with Crippen molar-refractivity contribution in [3.63, 3.8) is 0 Å². The van der Waals surface area contributed by atoms with Gasteiger partial charge in [-0.1, -0.05) is 37.6 Å². The van der Waals surface area contributed by atoms with Gasteiger partial charge in [-0.3, -0.25) is 4.79 Å². The fourth-order valence-corrected chi connectivity index (χ4v) is 3.15. The molecule has 0 aliphatic rings. The highest BCUT2D eigenvalue weighted by Crippen LogP contribution is 2.23. The van der Waals surface area contributed by atoms with Gasteiger partial charge >= 0.3 is 0 Å². The van der Waals surface area contributed by atoms with Gasteiger partial charge in [-0.15, -0.1) is 0 Å². The van der Waals surface area contributed by atoms with Crippen molar-refractivity contribution in [2.45, 2.75) is 32.9 Å². The molecule has 0 spiro atoms. The molecular weight excluding hydrogens is 411 g/mol. The SMILES string of the molecule is CC(C)C[C@@H](Nc1cc(-c2ccoc2)nc(Cl)n1)C(=O)NCc1ccc(Cl)cc1. The number of nitrogens with one attached hydrogen (secondary N) is 2. The van der Waals surface area contributed by atoms with Gasteiger partial charge < -0.3 is 15.1 Å². The zero-order chi connectivity index (χ0) is 20.8. The predicted molar refractivity (Wildman–Crippen MR) is 115 cm³/mol. The second kappa shape index (κ2) is 9.76. The normalized spacial score (nSPS) is 12.0. The number of rotatable bonds is 8. The van der Waals surface area contributed by atoms with Crippen LogP contribution in [0.1, 0.15) is 25.8 Å². The summed E-state index contributed by atoms with van der Waals surface area (Å²) < 4.78 is 5.11. The van der Waals surface area contributed by atoms with Gasteiger partial charge in [0.1, 0.15) is 11.9 Å². The predicted octanol–water partition coefficient (Wildman–Crippen LogP) is 5.19. The number of anilines is 1. The Morgan fingerprint density at radius 3 is 2.55 bits per heavy atom. The summed E-state index contributed by atoms with van der Waals surface area (Å²) in [6.07, 6.45) is 3.77. The van der Waals surface area contributed by atoms with Gasteiger partial charge in [-0.2, -0.15) is 0 Å². The summed E-state index contributed by atoms with van der Waals surface area (Å²) in [7, 11) is 0. The number of nitrogens with zero attached hydrogens (tertiary/aromatic N) is 2. The molecule has 3 aromatic rings. The van der Waals surface area contributed by atoms with Crippen LogP contribution in [-0.2, 0) is 11.3 Å². The maximum atomic E-state index is 12.8. The number of aromatic nitrogens is 2. The molecule has 6 nitrogen and oxygen atoms in total. The van der Waals surface area contributed by atoms with E-state index in [0.717, 1.165) is 11.1 Å². The Bertz CT molecular complexity index is 944. The summed E-state index contributed by atoms with van der Waals surface area (Å²) in [5.41, 5.74) is 2.37. The van der Waals surface area contributed by atoms with Gasteiger partial charge in [0, 0.05) is 23.2 Å². The third-order valence-electron chi connectivity index (χ3n) is 4.24. The van der Waals surface area contributed by atoms with Crippen molar-refractivity contribution in [3.8, 4) is 11.3 Å². The Labute approximate surface area is 179 Å². The van der Waals surface area contributed by atoms with Gasteiger partial charge in [0.2, 0.25) is 11.2 Å². The minimum absolute atomic E-state index is 0.0936. The molecule has 3 rings (SSSR count). The molecule has 0 saturated carbocycles. The van der Waals surface area contributed by atoms with E-state index in [2.05, 4.69) is 34.4 Å². The van der Waals surface area contributed by atoms with Crippen LogP contribution in [0.5, 0.6) is 0 Å². The Morgan fingerprint density at radius 1 is 1.14 bits per heavy atom. The van der Waals surface area contributed by atoms with E-state index in [0.29, 0.717) is 35.4 Å². The van der Waals surface area contributed by atoms with Crippen molar-refractivity contribution < 1.29 is 9.21 Å². The lowest BCUT2D eigenvalue weighted by atomic mass is 10.0. The Hall–Kier alpha value is -2.57. The first-order valence-electron chi connectivity index (χ1n) is 9.26. The first kappa shape index (κ1) is 21.1. The quantitative estimate of drug-likeness (QED) is 0.478. The fraction of sp³-hybridized carbons (Fsp3) is 0.286. The molecule has 0 aliphatic heterocycles. The highest BCUT2D eigenvalue weighted by molar-refractivity contribution is 6.30. The molecule has 29 heavy (non-hydrogen) atoms. The molecule has 8 heteroatoms. The maximum Gasteiger partial charge on any atom is 0.242 e. The number of carbonyl (C=O) groups is 1. The third kappa shape index (κ3) is 6.21. The zero-order valence-electron chi connectivity index (χ0n) is 16.2. The second-order valence-corrected chi connectivity index (χ2v) is 7.86. The van der Waals surface area contributed by atoms with Crippen molar-refractivity contribution in [1.29, 1.82) is 0 Å². The van der Waals surface area contributed by atoms with Crippen LogP contribution >= 0.6 is 23.2 Å². The minimum atomic E-state index is -0.467. The van der Waals surface area contributed by atoms with E-state index in [9.17, 15) is 4.79 Å². The number of hydrogen-bond donors (Lipinski definition) is 2. The summed E-state index contributed by atoms with van der Waals surface area (Å²) in [6.45, 7) is 4.53. The Morgan fingerprint density at radius 2 is 1.90 bits per heavy atom. The molecule has 152 valence electrons. The van der Waals surface area contributed by atoms with Crippen LogP contribution in [0, 0.1) is 5.92 Å². The molecule has 1 amide bonds. The van der Waals surface area contributed by atoms with Crippen LogP contribution in [0.2, 0.25) is 10.3 Å². The highest BCUT2D eigenvalue weighted by Gasteiger charge is 2.21. The van der Waals surface area contributed by atoms with Crippen LogP contribution < -0.4 is 10.6 Å². The van der Waals surface area contributed by atoms with Gasteiger partial charge in [0.25, 0.3) is 0 Å². The van der Waals surface area contributed by atoms with E-state index < -0.39 is 6.04 Å². The molecule has 0 radical (unpaired) electrons. The molecule has 0 aliphatic carbocycles. The zero-order valence-corrected chi connectivity index (χ0v) is 17.7. The number of furan rings is 1. The molecule has 0 unspecified atom stereocenters. The topological polar surface area (TPSA) is 80.1 Å². The van der Waals surface area contributed by atoms with Crippen molar-refractivity contribution >= 4 is 34.9 Å². The smallest absolute Gasteiger partial charge is 0.242 e. The summed E-state index contributed by atoms with van der Waals surface area (Å²) in [4.78, 5) is 21.3. The number of benzene rings is 1. The molecule has 1 aromatic carbocycles. The van der Waals surface area contributed by atoms with Crippen LogP contribution in [-0.4, -0.2) is 21.9 Å². The maximum absolute atomic E-state index is 12.8. The highest BCUT2D eigenvalue weighted by atomic mass is 35.5. The third-order valence-corrected chi connectivity index (χ3v) is 4.66. The van der Waals surface area contributed by atoms with Crippen molar-refractivity contribution in [1.82, 2.24) is 15.3 Å². The van der Waals surface area contributed by atoms with E-state index in [1.807, 2.05) is 12.1 Å². The molecule has 1 atom stereocenters. The lowest BCUT2D eigenvalue weighted by molar-refractivity contribution is -0.122. The van der Waals surface area contributed by atoms with Gasteiger partial charge in [0.15, 0.2) is 0 Å². The number of amides is 1. The van der Waals surface area contributed by atoms with Gasteiger partial charge in [-0.05, 0) is 47.7 Å². The van der Waals surface area contributed by atoms with Crippen molar-refractivity contribution in [3.05, 3.63) is 64.8 Å². The van der Waals surface area contributed by atoms with Gasteiger partial charge in [0.05, 0.1) is 18.2 Å². The molecular formula is C21H22Cl2N4O2. The van der Waals surface area contributed by atoms with Crippen LogP contribution in [0.4, 0.5) is 5.82 Å². The summed E-state index contributed by atoms with van der Waals surface area (Å²) in [6, 6.07) is 10.4. The lowest BCUT2D eigenvalue weighted by Crippen LogP contribution is -2.40. The average molecular weight is 433 g/mol. The summed E-state index contributed by atoms with van der Waals surface area (Å²) in [5.74, 6) is 0.668. The molecule has 2 N–H and O–H groups in total. The largest absolute Gasteiger partial charge is 0.472 e.